The van der Waals surface area contributed by atoms with Gasteiger partial charge in [0, 0.05) is 16.7 Å². The average molecular weight is 453 g/mol. The lowest BCUT2D eigenvalue weighted by molar-refractivity contribution is 0.297. The molecule has 0 fully saturated rings. The molecular formula is C19H19Br2NO2. The van der Waals surface area contributed by atoms with Crippen LogP contribution in [-0.2, 0) is 6.54 Å². The van der Waals surface area contributed by atoms with Gasteiger partial charge in [-0.05, 0) is 71.2 Å². The van der Waals surface area contributed by atoms with Crippen molar-refractivity contribution in [3.8, 4) is 23.8 Å². The average Bonchev–Trinajstić information content (AvgIpc) is 2.53. The van der Waals surface area contributed by atoms with Gasteiger partial charge in [-0.15, -0.1) is 6.42 Å². The zero-order valence-electron chi connectivity index (χ0n) is 13.7. The number of halogens is 2. The van der Waals surface area contributed by atoms with Crippen molar-refractivity contribution >= 4 is 37.5 Å². The van der Waals surface area contributed by atoms with Crippen molar-refractivity contribution in [1.29, 1.82) is 0 Å². The van der Waals surface area contributed by atoms with E-state index in [-0.39, 0.29) is 6.61 Å². The maximum Gasteiger partial charge on any atom is 0.176 e. The first-order chi connectivity index (χ1) is 11.5. The molecule has 0 atom stereocenters. The van der Waals surface area contributed by atoms with E-state index in [0.29, 0.717) is 24.7 Å². The van der Waals surface area contributed by atoms with Crippen molar-refractivity contribution < 1.29 is 9.47 Å². The summed E-state index contributed by atoms with van der Waals surface area (Å²) in [6, 6.07) is 10.1. The standard InChI is InChI=1S/C19H19Br2NO2/c1-4-8-24-19-16(21)10-14(11-18(19)23-5-2)12-22-17-7-6-15(20)9-13(17)3/h1,6-7,9-11,22H,5,8,12H2,2-3H3. The number of anilines is 1. The van der Waals surface area contributed by atoms with Crippen LogP contribution in [0.25, 0.3) is 0 Å². The molecule has 0 aliphatic rings. The van der Waals surface area contributed by atoms with E-state index >= 15 is 0 Å². The van der Waals surface area contributed by atoms with Crippen molar-refractivity contribution in [2.24, 2.45) is 0 Å². The van der Waals surface area contributed by atoms with Gasteiger partial charge in [-0.25, -0.2) is 0 Å². The summed E-state index contributed by atoms with van der Waals surface area (Å²) in [4.78, 5) is 0. The summed E-state index contributed by atoms with van der Waals surface area (Å²) in [6.45, 7) is 5.45. The van der Waals surface area contributed by atoms with Crippen LogP contribution in [-0.4, -0.2) is 13.2 Å². The summed E-state index contributed by atoms with van der Waals surface area (Å²) in [5.41, 5.74) is 3.36. The lowest BCUT2D eigenvalue weighted by atomic mass is 10.1. The van der Waals surface area contributed by atoms with Crippen molar-refractivity contribution in [2.75, 3.05) is 18.5 Å². The molecule has 0 aromatic heterocycles. The van der Waals surface area contributed by atoms with E-state index in [1.807, 2.05) is 25.1 Å². The van der Waals surface area contributed by atoms with Crippen LogP contribution in [0.4, 0.5) is 5.69 Å². The Labute approximate surface area is 160 Å². The van der Waals surface area contributed by atoms with Crippen LogP contribution in [0.15, 0.2) is 39.3 Å². The molecule has 3 nitrogen and oxygen atoms in total. The molecular weight excluding hydrogens is 434 g/mol. The maximum atomic E-state index is 5.69. The zero-order chi connectivity index (χ0) is 17.5. The van der Waals surface area contributed by atoms with Crippen LogP contribution in [0, 0.1) is 19.3 Å². The second kappa shape index (κ2) is 9.00. The Kier molecular flexibility index (Phi) is 7.01. The number of hydrogen-bond acceptors (Lipinski definition) is 3. The van der Waals surface area contributed by atoms with Crippen molar-refractivity contribution in [3.63, 3.8) is 0 Å². The van der Waals surface area contributed by atoms with E-state index in [9.17, 15) is 0 Å². The molecule has 0 unspecified atom stereocenters. The Morgan fingerprint density at radius 1 is 1.17 bits per heavy atom. The highest BCUT2D eigenvalue weighted by atomic mass is 79.9. The molecule has 2 aromatic rings. The number of rotatable bonds is 7. The van der Waals surface area contributed by atoms with Crippen LogP contribution in [0.1, 0.15) is 18.1 Å². The first-order valence-electron chi connectivity index (χ1n) is 7.56. The zero-order valence-corrected chi connectivity index (χ0v) is 16.8. The Morgan fingerprint density at radius 2 is 1.96 bits per heavy atom. The fourth-order valence-corrected chi connectivity index (χ4v) is 3.34. The summed E-state index contributed by atoms with van der Waals surface area (Å²) in [6.07, 6.45) is 5.27. The van der Waals surface area contributed by atoms with Crippen molar-refractivity contribution in [2.45, 2.75) is 20.4 Å². The largest absolute Gasteiger partial charge is 0.490 e. The molecule has 126 valence electrons. The highest BCUT2D eigenvalue weighted by molar-refractivity contribution is 9.10. The van der Waals surface area contributed by atoms with Gasteiger partial charge in [-0.2, -0.15) is 0 Å². The minimum Gasteiger partial charge on any atom is -0.490 e. The number of ether oxygens (including phenoxy) is 2. The maximum absolute atomic E-state index is 5.69. The fourth-order valence-electron chi connectivity index (χ4n) is 2.26. The third-order valence-corrected chi connectivity index (χ3v) is 4.42. The number of benzene rings is 2. The van der Waals surface area contributed by atoms with Gasteiger partial charge in [-0.3, -0.25) is 0 Å². The summed E-state index contributed by atoms with van der Waals surface area (Å²) in [7, 11) is 0. The molecule has 0 saturated carbocycles. The SMILES string of the molecule is C#CCOc1c(Br)cc(CNc2ccc(Br)cc2C)cc1OCC. The molecule has 0 amide bonds. The number of hydrogen-bond donors (Lipinski definition) is 1. The van der Waals surface area contributed by atoms with Crippen LogP contribution in [0.5, 0.6) is 11.5 Å². The summed E-state index contributed by atoms with van der Waals surface area (Å²) < 4.78 is 13.2. The minimum absolute atomic E-state index is 0.203. The van der Waals surface area contributed by atoms with E-state index < -0.39 is 0 Å². The highest BCUT2D eigenvalue weighted by Crippen LogP contribution is 2.37. The quantitative estimate of drug-likeness (QED) is 0.559. The normalized spacial score (nSPS) is 10.1. The van der Waals surface area contributed by atoms with E-state index in [2.05, 4.69) is 62.2 Å². The molecule has 24 heavy (non-hydrogen) atoms. The first-order valence-corrected chi connectivity index (χ1v) is 9.15. The smallest absolute Gasteiger partial charge is 0.176 e. The molecule has 0 radical (unpaired) electrons. The number of terminal acetylenes is 1. The minimum atomic E-state index is 0.203. The van der Waals surface area contributed by atoms with Gasteiger partial charge in [0.2, 0.25) is 0 Å². The predicted octanol–water partition coefficient (Wildman–Crippen LogP) is 5.54. The lowest BCUT2D eigenvalue weighted by Crippen LogP contribution is -2.04. The fraction of sp³-hybridized carbons (Fsp3) is 0.263. The van der Waals surface area contributed by atoms with Gasteiger partial charge >= 0.3 is 0 Å². The Balaban J connectivity index is 2.19. The Morgan fingerprint density at radius 3 is 2.62 bits per heavy atom. The van der Waals surface area contributed by atoms with Crippen LogP contribution < -0.4 is 14.8 Å². The highest BCUT2D eigenvalue weighted by Gasteiger charge is 2.12. The van der Waals surface area contributed by atoms with Crippen LogP contribution >= 0.6 is 31.9 Å². The Bertz CT molecular complexity index is 754. The molecule has 0 bridgehead atoms. The van der Waals surface area contributed by atoms with Gasteiger partial charge < -0.3 is 14.8 Å². The molecule has 1 N–H and O–H groups in total. The van der Waals surface area contributed by atoms with Gasteiger partial charge in [0.05, 0.1) is 11.1 Å². The third-order valence-electron chi connectivity index (χ3n) is 3.34. The summed E-state index contributed by atoms with van der Waals surface area (Å²) >= 11 is 7.02. The molecule has 0 spiro atoms. The Hall–Kier alpha value is -1.64. The van der Waals surface area contributed by atoms with Crippen molar-refractivity contribution in [3.05, 3.63) is 50.4 Å². The second-order valence-corrected chi connectivity index (χ2v) is 6.91. The van der Waals surface area contributed by atoms with E-state index in [1.54, 1.807) is 0 Å². The van der Waals surface area contributed by atoms with Gasteiger partial charge in [0.1, 0.15) is 6.61 Å². The van der Waals surface area contributed by atoms with Gasteiger partial charge in [-0.1, -0.05) is 21.9 Å². The molecule has 0 heterocycles. The van der Waals surface area contributed by atoms with Gasteiger partial charge in [0.25, 0.3) is 0 Å². The molecule has 0 aliphatic carbocycles. The summed E-state index contributed by atoms with van der Waals surface area (Å²) in [5, 5.41) is 3.45. The molecule has 0 aliphatic heterocycles. The summed E-state index contributed by atoms with van der Waals surface area (Å²) in [5.74, 6) is 3.79. The predicted molar refractivity (Wildman–Crippen MR) is 106 cm³/mol. The van der Waals surface area contributed by atoms with E-state index in [0.717, 1.165) is 20.2 Å². The van der Waals surface area contributed by atoms with Gasteiger partial charge in [0.15, 0.2) is 11.5 Å². The second-order valence-electron chi connectivity index (χ2n) is 5.14. The molecule has 5 heteroatoms. The van der Waals surface area contributed by atoms with E-state index in [4.69, 9.17) is 15.9 Å². The lowest BCUT2D eigenvalue weighted by Gasteiger charge is -2.15. The third kappa shape index (κ3) is 4.93. The van der Waals surface area contributed by atoms with E-state index in [1.165, 1.54) is 5.56 Å². The molecule has 2 aromatic carbocycles. The molecule has 2 rings (SSSR count). The van der Waals surface area contributed by atoms with Crippen molar-refractivity contribution in [1.82, 2.24) is 0 Å². The molecule has 0 saturated heterocycles. The first kappa shape index (κ1) is 18.7. The number of nitrogens with one attached hydrogen (secondary N) is 1. The monoisotopic (exact) mass is 451 g/mol. The van der Waals surface area contributed by atoms with Crippen LogP contribution in [0.2, 0.25) is 0 Å². The van der Waals surface area contributed by atoms with Crippen LogP contribution in [0.3, 0.4) is 0 Å². The topological polar surface area (TPSA) is 30.5 Å². The number of aryl methyl sites for hydroxylation is 1.